The van der Waals surface area contributed by atoms with Crippen molar-refractivity contribution in [2.45, 2.75) is 13.0 Å². The van der Waals surface area contributed by atoms with Gasteiger partial charge in [-0.15, -0.1) is 0 Å². The van der Waals surface area contributed by atoms with Gasteiger partial charge in [-0.05, 0) is 39.7 Å². The number of phenolic OH excluding ortho intramolecular Hbond substituents is 1. The predicted molar refractivity (Wildman–Crippen MR) is 69.1 cm³/mol. The Balaban J connectivity index is 1.82. The second-order valence-electron chi connectivity index (χ2n) is 4.67. The fourth-order valence-corrected chi connectivity index (χ4v) is 1.86. The van der Waals surface area contributed by atoms with Crippen LogP contribution in [0.2, 0.25) is 0 Å². The summed E-state index contributed by atoms with van der Waals surface area (Å²) in [6.07, 6.45) is 1.08. The molecule has 0 aromatic heterocycles. The van der Waals surface area contributed by atoms with E-state index in [4.69, 9.17) is 9.47 Å². The van der Waals surface area contributed by atoms with Crippen LogP contribution in [-0.2, 0) is 6.54 Å². The molecule has 0 amide bonds. The van der Waals surface area contributed by atoms with Crippen LogP contribution < -0.4 is 14.8 Å². The summed E-state index contributed by atoms with van der Waals surface area (Å²) in [5.74, 6) is 1.57. The molecule has 100 valence electrons. The first-order valence-corrected chi connectivity index (χ1v) is 6.14. The molecule has 1 aromatic rings. The van der Waals surface area contributed by atoms with Gasteiger partial charge in [-0.1, -0.05) is 0 Å². The lowest BCUT2D eigenvalue weighted by atomic mass is 10.1. The van der Waals surface area contributed by atoms with E-state index in [0.29, 0.717) is 18.0 Å². The maximum atomic E-state index is 9.84. The van der Waals surface area contributed by atoms with E-state index < -0.39 is 0 Å². The van der Waals surface area contributed by atoms with Gasteiger partial charge < -0.3 is 24.8 Å². The standard InChI is InChI=1S/C13H20N2O3/c1-15(2)5-3-4-14-8-10-6-12-13(7-11(10)16)18-9-17-12/h6-7,14,16H,3-5,8-9H2,1-2H3. The van der Waals surface area contributed by atoms with Crippen molar-refractivity contribution >= 4 is 0 Å². The fraction of sp³-hybridized carbons (Fsp3) is 0.538. The van der Waals surface area contributed by atoms with Gasteiger partial charge in [0.25, 0.3) is 0 Å². The number of phenols is 1. The van der Waals surface area contributed by atoms with Gasteiger partial charge in [-0.3, -0.25) is 0 Å². The molecule has 0 spiro atoms. The summed E-state index contributed by atoms with van der Waals surface area (Å²) in [5, 5.41) is 13.1. The number of fused-ring (bicyclic) bond motifs is 1. The van der Waals surface area contributed by atoms with Crippen molar-refractivity contribution in [1.82, 2.24) is 10.2 Å². The molecule has 5 heteroatoms. The number of aromatic hydroxyl groups is 1. The van der Waals surface area contributed by atoms with Crippen LogP contribution in [0.25, 0.3) is 0 Å². The second-order valence-corrected chi connectivity index (χ2v) is 4.67. The molecule has 1 aliphatic heterocycles. The highest BCUT2D eigenvalue weighted by atomic mass is 16.7. The van der Waals surface area contributed by atoms with E-state index in [1.165, 1.54) is 0 Å². The Labute approximate surface area is 107 Å². The number of hydrogen-bond donors (Lipinski definition) is 2. The first-order valence-electron chi connectivity index (χ1n) is 6.14. The lowest BCUT2D eigenvalue weighted by Gasteiger charge is -2.10. The maximum Gasteiger partial charge on any atom is 0.231 e. The predicted octanol–water partition coefficient (Wildman–Crippen LogP) is 1.16. The largest absolute Gasteiger partial charge is 0.507 e. The van der Waals surface area contributed by atoms with Crippen molar-refractivity contribution in [2.24, 2.45) is 0 Å². The molecule has 1 aliphatic rings. The van der Waals surface area contributed by atoms with Crippen LogP contribution in [-0.4, -0.2) is 44.0 Å². The Kier molecular flexibility index (Phi) is 4.28. The lowest BCUT2D eigenvalue weighted by molar-refractivity contribution is 0.174. The van der Waals surface area contributed by atoms with Crippen LogP contribution in [0.5, 0.6) is 17.2 Å². The fourth-order valence-electron chi connectivity index (χ4n) is 1.86. The minimum atomic E-state index is 0.231. The minimum absolute atomic E-state index is 0.231. The highest BCUT2D eigenvalue weighted by Crippen LogP contribution is 2.37. The topological polar surface area (TPSA) is 54.0 Å². The van der Waals surface area contributed by atoms with Gasteiger partial charge in [0.1, 0.15) is 5.75 Å². The second kappa shape index (κ2) is 5.93. The molecule has 0 unspecified atom stereocenters. The van der Waals surface area contributed by atoms with Crippen molar-refractivity contribution in [1.29, 1.82) is 0 Å². The van der Waals surface area contributed by atoms with Gasteiger partial charge in [0.05, 0.1) is 0 Å². The van der Waals surface area contributed by atoms with E-state index in [0.717, 1.165) is 25.1 Å². The minimum Gasteiger partial charge on any atom is -0.507 e. The Morgan fingerprint density at radius 1 is 1.28 bits per heavy atom. The molecule has 1 heterocycles. The normalized spacial score (nSPS) is 13.3. The van der Waals surface area contributed by atoms with Gasteiger partial charge >= 0.3 is 0 Å². The summed E-state index contributed by atoms with van der Waals surface area (Å²) >= 11 is 0. The van der Waals surface area contributed by atoms with E-state index in [-0.39, 0.29) is 12.5 Å². The number of nitrogens with one attached hydrogen (secondary N) is 1. The molecule has 0 atom stereocenters. The quantitative estimate of drug-likeness (QED) is 0.744. The summed E-state index contributed by atoms with van der Waals surface area (Å²) < 4.78 is 10.5. The van der Waals surface area contributed by atoms with Crippen molar-refractivity contribution in [2.75, 3.05) is 34.0 Å². The van der Waals surface area contributed by atoms with E-state index in [1.54, 1.807) is 6.07 Å². The lowest BCUT2D eigenvalue weighted by Crippen LogP contribution is -2.21. The monoisotopic (exact) mass is 252 g/mol. The number of benzene rings is 1. The average molecular weight is 252 g/mol. The van der Waals surface area contributed by atoms with E-state index in [2.05, 4.69) is 24.3 Å². The van der Waals surface area contributed by atoms with Crippen molar-refractivity contribution in [3.63, 3.8) is 0 Å². The van der Waals surface area contributed by atoms with Gasteiger partial charge in [-0.25, -0.2) is 0 Å². The average Bonchev–Trinajstić information content (AvgIpc) is 2.75. The Morgan fingerprint density at radius 2 is 2.00 bits per heavy atom. The van der Waals surface area contributed by atoms with Crippen LogP contribution in [0.4, 0.5) is 0 Å². The summed E-state index contributed by atoms with van der Waals surface area (Å²) in [6, 6.07) is 3.44. The third kappa shape index (κ3) is 3.27. The molecule has 0 saturated heterocycles. The number of nitrogens with zero attached hydrogens (tertiary/aromatic N) is 1. The first-order chi connectivity index (χ1) is 8.66. The molecule has 5 nitrogen and oxygen atoms in total. The third-order valence-corrected chi connectivity index (χ3v) is 2.85. The number of rotatable bonds is 6. The summed E-state index contributed by atoms with van der Waals surface area (Å²) in [7, 11) is 4.12. The molecule has 2 N–H and O–H groups in total. The van der Waals surface area contributed by atoms with Gasteiger partial charge in [0, 0.05) is 18.2 Å². The SMILES string of the molecule is CN(C)CCCNCc1cc2c(cc1O)OCO2. The highest BCUT2D eigenvalue weighted by Gasteiger charge is 2.16. The van der Waals surface area contributed by atoms with Crippen LogP contribution >= 0.6 is 0 Å². The van der Waals surface area contributed by atoms with Crippen molar-refractivity contribution < 1.29 is 14.6 Å². The Hall–Kier alpha value is -1.46. The molecule has 2 rings (SSSR count). The Bertz CT molecular complexity index is 407. The zero-order valence-electron chi connectivity index (χ0n) is 10.9. The smallest absolute Gasteiger partial charge is 0.231 e. The molecule has 0 saturated carbocycles. The number of ether oxygens (including phenoxy) is 2. The van der Waals surface area contributed by atoms with Gasteiger partial charge in [0.15, 0.2) is 11.5 Å². The van der Waals surface area contributed by atoms with Crippen LogP contribution in [0.1, 0.15) is 12.0 Å². The van der Waals surface area contributed by atoms with Gasteiger partial charge in [-0.2, -0.15) is 0 Å². The van der Waals surface area contributed by atoms with E-state index >= 15 is 0 Å². The maximum absolute atomic E-state index is 9.84. The molecule has 0 radical (unpaired) electrons. The molecule has 0 bridgehead atoms. The molecule has 1 aromatic carbocycles. The summed E-state index contributed by atoms with van der Waals surface area (Å²) in [6.45, 7) is 2.84. The van der Waals surface area contributed by atoms with Crippen LogP contribution in [0, 0.1) is 0 Å². The molecule has 0 fully saturated rings. The van der Waals surface area contributed by atoms with Gasteiger partial charge in [0.2, 0.25) is 6.79 Å². The molecular formula is C13H20N2O3. The molecule has 0 aliphatic carbocycles. The first kappa shape index (κ1) is 13.0. The summed E-state index contributed by atoms with van der Waals surface area (Å²) in [5.41, 5.74) is 0.837. The van der Waals surface area contributed by atoms with Crippen molar-refractivity contribution in [3.05, 3.63) is 17.7 Å². The van der Waals surface area contributed by atoms with Crippen LogP contribution in [0.15, 0.2) is 12.1 Å². The highest BCUT2D eigenvalue weighted by molar-refractivity contribution is 5.51. The number of hydrogen-bond acceptors (Lipinski definition) is 5. The zero-order chi connectivity index (χ0) is 13.0. The molecule has 18 heavy (non-hydrogen) atoms. The summed E-state index contributed by atoms with van der Waals surface area (Å²) in [4.78, 5) is 2.15. The Morgan fingerprint density at radius 3 is 2.72 bits per heavy atom. The third-order valence-electron chi connectivity index (χ3n) is 2.85. The zero-order valence-corrected chi connectivity index (χ0v) is 10.9. The molecular weight excluding hydrogens is 232 g/mol. The van der Waals surface area contributed by atoms with Crippen molar-refractivity contribution in [3.8, 4) is 17.2 Å². The van der Waals surface area contributed by atoms with E-state index in [1.807, 2.05) is 6.07 Å². The van der Waals surface area contributed by atoms with Crippen LogP contribution in [0.3, 0.4) is 0 Å². The van der Waals surface area contributed by atoms with E-state index in [9.17, 15) is 5.11 Å².